The number of benzene rings is 1. The van der Waals surface area contributed by atoms with Crippen LogP contribution in [-0.2, 0) is 11.3 Å². The van der Waals surface area contributed by atoms with E-state index in [9.17, 15) is 13.6 Å². The van der Waals surface area contributed by atoms with Crippen LogP contribution in [0.1, 0.15) is 40.2 Å². The zero-order valence-corrected chi connectivity index (χ0v) is 20.7. The number of hydrogen-bond donors (Lipinski definition) is 3. The van der Waals surface area contributed by atoms with E-state index >= 15 is 0 Å². The molecule has 0 aliphatic carbocycles. The van der Waals surface area contributed by atoms with E-state index in [1.807, 2.05) is 19.9 Å². The molecular weight excluding hydrogens is 509 g/mol. The molecule has 0 aliphatic rings. The minimum atomic E-state index is -2.52. The van der Waals surface area contributed by atoms with Crippen molar-refractivity contribution in [3.05, 3.63) is 29.8 Å². The Hall–Kier alpha value is -1.85. The van der Waals surface area contributed by atoms with E-state index in [1.165, 1.54) is 0 Å². The Labute approximate surface area is 194 Å². The topological polar surface area (TPSA) is 84.0 Å². The largest absolute Gasteiger partial charge is 0.488 e. The number of nitrogens with zero attached hydrogens (tertiary/aromatic N) is 1. The van der Waals surface area contributed by atoms with Crippen molar-refractivity contribution in [2.45, 2.75) is 58.7 Å². The molecule has 10 heteroatoms. The Bertz CT molecular complexity index is 695. The van der Waals surface area contributed by atoms with E-state index in [0.717, 1.165) is 5.56 Å². The summed E-state index contributed by atoms with van der Waals surface area (Å²) in [5.41, 5.74) is -0.298. The van der Waals surface area contributed by atoms with Crippen LogP contribution in [0.25, 0.3) is 0 Å². The number of halogens is 3. The van der Waals surface area contributed by atoms with Crippen molar-refractivity contribution < 1.29 is 23.0 Å². The van der Waals surface area contributed by atoms with Crippen LogP contribution < -0.4 is 20.7 Å². The third-order valence-corrected chi connectivity index (χ3v) is 3.50. The molecule has 1 rings (SSSR count). The van der Waals surface area contributed by atoms with Crippen molar-refractivity contribution in [2.75, 3.05) is 20.2 Å². The molecule has 0 atom stereocenters. The SMILES string of the molecule is CN=C(NCc1cccc(OCC(F)F)c1)NCC(C)(C)NC(=O)OC(C)(C)C.I. The van der Waals surface area contributed by atoms with Gasteiger partial charge in [-0.1, -0.05) is 12.1 Å². The summed E-state index contributed by atoms with van der Waals surface area (Å²) in [5, 5.41) is 9.09. The van der Waals surface area contributed by atoms with Crippen molar-refractivity contribution >= 4 is 36.0 Å². The van der Waals surface area contributed by atoms with Crippen molar-refractivity contribution in [1.29, 1.82) is 0 Å². The summed E-state index contributed by atoms with van der Waals surface area (Å²) in [6, 6.07) is 6.91. The molecule has 1 amide bonds. The van der Waals surface area contributed by atoms with Crippen LogP contribution in [0.4, 0.5) is 13.6 Å². The maximum Gasteiger partial charge on any atom is 0.408 e. The van der Waals surface area contributed by atoms with Crippen LogP contribution >= 0.6 is 24.0 Å². The Morgan fingerprint density at radius 3 is 2.40 bits per heavy atom. The highest BCUT2D eigenvalue weighted by molar-refractivity contribution is 14.0. The smallest absolute Gasteiger partial charge is 0.408 e. The third-order valence-electron chi connectivity index (χ3n) is 3.50. The molecule has 0 heterocycles. The quantitative estimate of drug-likeness (QED) is 0.264. The van der Waals surface area contributed by atoms with Gasteiger partial charge in [-0.25, -0.2) is 13.6 Å². The van der Waals surface area contributed by atoms with Crippen LogP contribution in [0.2, 0.25) is 0 Å². The molecule has 0 saturated heterocycles. The molecule has 0 saturated carbocycles. The molecule has 0 aliphatic heterocycles. The number of amides is 1. The third kappa shape index (κ3) is 12.7. The fourth-order valence-corrected chi connectivity index (χ4v) is 2.24. The van der Waals surface area contributed by atoms with E-state index in [-0.39, 0.29) is 24.0 Å². The summed E-state index contributed by atoms with van der Waals surface area (Å²) in [4.78, 5) is 16.1. The van der Waals surface area contributed by atoms with Crippen LogP contribution in [-0.4, -0.2) is 49.8 Å². The second-order valence-electron chi connectivity index (χ2n) is 8.14. The van der Waals surface area contributed by atoms with Crippen LogP contribution in [0, 0.1) is 0 Å². The number of guanidine groups is 1. The monoisotopic (exact) mass is 542 g/mol. The predicted molar refractivity (Wildman–Crippen MR) is 125 cm³/mol. The molecule has 0 unspecified atom stereocenters. The molecule has 0 bridgehead atoms. The first-order valence-electron chi connectivity index (χ1n) is 9.36. The normalized spacial score (nSPS) is 12.1. The minimum Gasteiger partial charge on any atom is -0.488 e. The number of alkyl carbamates (subject to hydrolysis) is 1. The van der Waals surface area contributed by atoms with Crippen molar-refractivity contribution in [2.24, 2.45) is 4.99 Å². The molecule has 3 N–H and O–H groups in total. The molecule has 0 spiro atoms. The van der Waals surface area contributed by atoms with Gasteiger partial charge in [0.2, 0.25) is 0 Å². The first-order chi connectivity index (χ1) is 13.4. The Kier molecular flexibility index (Phi) is 12.0. The summed E-state index contributed by atoms with van der Waals surface area (Å²) in [6.45, 7) is 9.32. The number of carbonyl (C=O) groups excluding carboxylic acids is 1. The zero-order chi connectivity index (χ0) is 22.1. The average Bonchev–Trinajstić information content (AvgIpc) is 2.58. The van der Waals surface area contributed by atoms with E-state index < -0.39 is 30.3 Å². The molecule has 0 aromatic heterocycles. The number of hydrogen-bond acceptors (Lipinski definition) is 4. The van der Waals surface area contributed by atoms with Gasteiger partial charge in [-0.2, -0.15) is 0 Å². The van der Waals surface area contributed by atoms with Gasteiger partial charge >= 0.3 is 6.09 Å². The van der Waals surface area contributed by atoms with Crippen molar-refractivity contribution in [3.8, 4) is 5.75 Å². The summed E-state index contributed by atoms with van der Waals surface area (Å²) >= 11 is 0. The van der Waals surface area contributed by atoms with Gasteiger partial charge in [0.25, 0.3) is 6.43 Å². The van der Waals surface area contributed by atoms with Gasteiger partial charge in [-0.05, 0) is 52.3 Å². The zero-order valence-electron chi connectivity index (χ0n) is 18.3. The first-order valence-corrected chi connectivity index (χ1v) is 9.36. The number of ether oxygens (including phenoxy) is 2. The summed E-state index contributed by atoms with van der Waals surface area (Å²) < 4.78 is 34.8. The number of aliphatic imine (C=N–C) groups is 1. The standard InChI is InChI=1S/C20H32F2N4O3.HI/c1-19(2,3)29-18(27)26-20(4,5)13-25-17(23-6)24-11-14-8-7-9-15(10-14)28-12-16(21)22;/h7-10,16H,11-13H2,1-6H3,(H,26,27)(H2,23,24,25);1H. The van der Waals surface area contributed by atoms with Gasteiger partial charge in [0.15, 0.2) is 5.96 Å². The lowest BCUT2D eigenvalue weighted by Crippen LogP contribution is -2.54. The highest BCUT2D eigenvalue weighted by atomic mass is 127. The van der Waals surface area contributed by atoms with E-state index in [4.69, 9.17) is 9.47 Å². The average molecular weight is 542 g/mol. The van der Waals surface area contributed by atoms with Gasteiger partial charge in [0.1, 0.15) is 18.0 Å². The van der Waals surface area contributed by atoms with Gasteiger partial charge in [-0.3, -0.25) is 4.99 Å². The molecule has 0 radical (unpaired) electrons. The highest BCUT2D eigenvalue weighted by Crippen LogP contribution is 2.14. The highest BCUT2D eigenvalue weighted by Gasteiger charge is 2.24. The maximum absolute atomic E-state index is 12.3. The number of rotatable bonds is 8. The number of alkyl halides is 2. The molecule has 30 heavy (non-hydrogen) atoms. The Morgan fingerprint density at radius 2 is 1.83 bits per heavy atom. The number of nitrogens with one attached hydrogen (secondary N) is 3. The van der Waals surface area contributed by atoms with E-state index in [1.54, 1.807) is 46.0 Å². The number of carbonyl (C=O) groups is 1. The van der Waals surface area contributed by atoms with E-state index in [0.29, 0.717) is 24.8 Å². The first kappa shape index (κ1) is 28.1. The maximum atomic E-state index is 12.3. The molecule has 172 valence electrons. The minimum absolute atomic E-state index is 0. The molecular formula is C20H33F2IN4O3. The summed E-state index contributed by atoms with van der Waals surface area (Å²) in [5.74, 6) is 0.915. The fourth-order valence-electron chi connectivity index (χ4n) is 2.24. The molecule has 1 aromatic rings. The second-order valence-corrected chi connectivity index (χ2v) is 8.14. The second kappa shape index (κ2) is 12.8. The van der Waals surface area contributed by atoms with Gasteiger partial charge in [0.05, 0.1) is 5.54 Å². The Morgan fingerprint density at radius 1 is 1.17 bits per heavy atom. The Balaban J connectivity index is 0.00000841. The lowest BCUT2D eigenvalue weighted by molar-refractivity contribution is 0.0474. The summed E-state index contributed by atoms with van der Waals surface area (Å²) in [6.07, 6.45) is -3.01. The fraction of sp³-hybridized carbons (Fsp3) is 0.600. The summed E-state index contributed by atoms with van der Waals surface area (Å²) in [7, 11) is 1.63. The van der Waals surface area contributed by atoms with Crippen LogP contribution in [0.3, 0.4) is 0 Å². The molecule has 7 nitrogen and oxygen atoms in total. The molecule has 0 fully saturated rings. The van der Waals surface area contributed by atoms with Gasteiger partial charge in [-0.15, -0.1) is 24.0 Å². The van der Waals surface area contributed by atoms with Gasteiger partial charge < -0.3 is 25.4 Å². The van der Waals surface area contributed by atoms with Crippen LogP contribution in [0.5, 0.6) is 5.75 Å². The lowest BCUT2D eigenvalue weighted by atomic mass is 10.1. The van der Waals surface area contributed by atoms with Crippen LogP contribution in [0.15, 0.2) is 29.3 Å². The predicted octanol–water partition coefficient (Wildman–Crippen LogP) is 3.92. The lowest BCUT2D eigenvalue weighted by Gasteiger charge is -2.29. The molecule has 1 aromatic carbocycles. The van der Waals surface area contributed by atoms with E-state index in [2.05, 4.69) is 20.9 Å². The van der Waals surface area contributed by atoms with Crippen molar-refractivity contribution in [1.82, 2.24) is 16.0 Å². The van der Waals surface area contributed by atoms with Gasteiger partial charge in [0, 0.05) is 20.1 Å². The van der Waals surface area contributed by atoms with Crippen molar-refractivity contribution in [3.63, 3.8) is 0 Å².